The molecule has 4 heteroatoms. The van der Waals surface area contributed by atoms with E-state index in [9.17, 15) is 0 Å². The third-order valence-corrected chi connectivity index (χ3v) is 4.42. The molecular formula is C14H20BBrO2. The molecule has 0 bridgehead atoms. The molecule has 1 fully saturated rings. The van der Waals surface area contributed by atoms with Gasteiger partial charge in [-0.3, -0.25) is 0 Å². The summed E-state index contributed by atoms with van der Waals surface area (Å²) in [4.78, 5) is 0.333. The minimum atomic E-state index is -0.284. The molecule has 1 aliphatic rings. The lowest BCUT2D eigenvalue weighted by Gasteiger charge is -2.32. The summed E-state index contributed by atoms with van der Waals surface area (Å²) in [7, 11) is -0.277. The summed E-state index contributed by atoms with van der Waals surface area (Å²) in [5.41, 5.74) is 1.75. The van der Waals surface area contributed by atoms with Crippen LogP contribution < -0.4 is 5.46 Å². The molecule has 0 aromatic heterocycles. The van der Waals surface area contributed by atoms with Crippen LogP contribution in [0, 0.1) is 0 Å². The van der Waals surface area contributed by atoms with E-state index in [1.165, 1.54) is 5.56 Å². The zero-order valence-corrected chi connectivity index (χ0v) is 13.2. The molecule has 0 aliphatic carbocycles. The van der Waals surface area contributed by atoms with Crippen LogP contribution >= 0.6 is 15.9 Å². The van der Waals surface area contributed by atoms with Crippen LogP contribution in [0.3, 0.4) is 0 Å². The van der Waals surface area contributed by atoms with Crippen LogP contribution in [0.2, 0.25) is 0 Å². The first-order valence-electron chi connectivity index (χ1n) is 6.32. The normalized spacial score (nSPS) is 23.1. The predicted octanol–water partition coefficient (Wildman–Crippen LogP) is 3.44. The Morgan fingerprint density at radius 1 is 1.11 bits per heavy atom. The van der Waals surface area contributed by atoms with Crippen molar-refractivity contribution in [2.24, 2.45) is 0 Å². The maximum absolute atomic E-state index is 6.05. The molecule has 1 heterocycles. The highest BCUT2D eigenvalue weighted by Crippen LogP contribution is 2.36. The van der Waals surface area contributed by atoms with E-state index in [2.05, 4.69) is 68.7 Å². The largest absolute Gasteiger partial charge is 0.494 e. The average molecular weight is 311 g/mol. The highest BCUT2D eigenvalue weighted by Gasteiger charge is 2.51. The van der Waals surface area contributed by atoms with E-state index in [-0.39, 0.29) is 18.3 Å². The lowest BCUT2D eigenvalue weighted by atomic mass is 9.78. The molecule has 0 amide bonds. The molecule has 1 aromatic carbocycles. The van der Waals surface area contributed by atoms with E-state index < -0.39 is 0 Å². The van der Waals surface area contributed by atoms with Gasteiger partial charge in [-0.05, 0) is 45.6 Å². The molecular weight excluding hydrogens is 291 g/mol. The van der Waals surface area contributed by atoms with E-state index in [0.29, 0.717) is 4.83 Å². The number of benzene rings is 1. The van der Waals surface area contributed by atoms with Crippen molar-refractivity contribution < 1.29 is 9.31 Å². The van der Waals surface area contributed by atoms with Gasteiger partial charge in [-0.1, -0.05) is 40.2 Å². The van der Waals surface area contributed by atoms with Crippen LogP contribution in [0.25, 0.3) is 0 Å². The van der Waals surface area contributed by atoms with E-state index in [0.717, 1.165) is 5.46 Å². The Labute approximate surface area is 118 Å². The summed E-state index contributed by atoms with van der Waals surface area (Å²) < 4.78 is 12.1. The summed E-state index contributed by atoms with van der Waals surface area (Å²) in [5, 5.41) is 0. The molecule has 1 aromatic rings. The maximum atomic E-state index is 6.05. The zero-order valence-electron chi connectivity index (χ0n) is 11.7. The van der Waals surface area contributed by atoms with Crippen molar-refractivity contribution in [3.63, 3.8) is 0 Å². The van der Waals surface area contributed by atoms with Gasteiger partial charge in [-0.15, -0.1) is 0 Å². The Hall–Kier alpha value is -0.315. The smallest absolute Gasteiger partial charge is 0.399 e. The van der Waals surface area contributed by atoms with Gasteiger partial charge in [-0.25, -0.2) is 0 Å². The minimum absolute atomic E-state index is 0.277. The van der Waals surface area contributed by atoms with Gasteiger partial charge in [-0.2, -0.15) is 0 Å². The lowest BCUT2D eigenvalue weighted by molar-refractivity contribution is 0.00578. The van der Waals surface area contributed by atoms with Gasteiger partial charge in [0.15, 0.2) is 0 Å². The molecule has 0 spiro atoms. The molecule has 2 rings (SSSR count). The summed E-state index contributed by atoms with van der Waals surface area (Å²) in [6.07, 6.45) is 0. The van der Waals surface area contributed by atoms with Gasteiger partial charge in [0.2, 0.25) is 0 Å². The van der Waals surface area contributed by atoms with Crippen LogP contribution in [-0.4, -0.2) is 18.3 Å². The van der Waals surface area contributed by atoms with Crippen LogP contribution in [0.1, 0.15) is 45.0 Å². The van der Waals surface area contributed by atoms with E-state index in [1.54, 1.807) is 0 Å². The molecule has 2 nitrogen and oxygen atoms in total. The molecule has 1 saturated heterocycles. The van der Waals surface area contributed by atoms with Gasteiger partial charge >= 0.3 is 7.12 Å². The summed E-state index contributed by atoms with van der Waals surface area (Å²) in [6, 6.07) is 8.35. The predicted molar refractivity (Wildman–Crippen MR) is 79.5 cm³/mol. The molecule has 0 N–H and O–H groups in total. The van der Waals surface area contributed by atoms with E-state index in [4.69, 9.17) is 9.31 Å². The Morgan fingerprint density at radius 3 is 2.17 bits per heavy atom. The second kappa shape index (κ2) is 4.66. The molecule has 1 atom stereocenters. The first kappa shape index (κ1) is 14.1. The van der Waals surface area contributed by atoms with E-state index in [1.807, 2.05) is 6.07 Å². The molecule has 18 heavy (non-hydrogen) atoms. The van der Waals surface area contributed by atoms with Crippen molar-refractivity contribution in [3.8, 4) is 0 Å². The van der Waals surface area contributed by atoms with Crippen molar-refractivity contribution in [1.29, 1.82) is 0 Å². The summed E-state index contributed by atoms with van der Waals surface area (Å²) >= 11 is 3.59. The SMILES string of the molecule is CC(Br)c1cccc(B2OC(C)(C)C(C)(C)O2)c1. The van der Waals surface area contributed by atoms with Crippen molar-refractivity contribution in [3.05, 3.63) is 29.8 Å². The van der Waals surface area contributed by atoms with Crippen molar-refractivity contribution in [1.82, 2.24) is 0 Å². The molecule has 98 valence electrons. The molecule has 0 saturated carbocycles. The van der Waals surface area contributed by atoms with Crippen LogP contribution in [0.15, 0.2) is 24.3 Å². The van der Waals surface area contributed by atoms with Crippen molar-refractivity contribution in [2.75, 3.05) is 0 Å². The second-order valence-electron chi connectivity index (χ2n) is 5.87. The Balaban J connectivity index is 2.27. The first-order chi connectivity index (χ1) is 8.23. The summed E-state index contributed by atoms with van der Waals surface area (Å²) in [5.74, 6) is 0. The van der Waals surface area contributed by atoms with Gasteiger partial charge < -0.3 is 9.31 Å². The van der Waals surface area contributed by atoms with Crippen LogP contribution in [0.5, 0.6) is 0 Å². The third-order valence-electron chi connectivity index (χ3n) is 3.90. The fraction of sp³-hybridized carbons (Fsp3) is 0.571. The maximum Gasteiger partial charge on any atom is 0.494 e. The second-order valence-corrected chi connectivity index (χ2v) is 7.25. The topological polar surface area (TPSA) is 18.5 Å². The van der Waals surface area contributed by atoms with Gasteiger partial charge in [0.05, 0.1) is 11.2 Å². The Kier molecular flexibility index (Phi) is 3.65. The third kappa shape index (κ3) is 2.51. The van der Waals surface area contributed by atoms with Crippen molar-refractivity contribution in [2.45, 2.75) is 50.6 Å². The molecule has 0 radical (unpaired) electrons. The number of hydrogen-bond acceptors (Lipinski definition) is 2. The van der Waals surface area contributed by atoms with Gasteiger partial charge in [0.25, 0.3) is 0 Å². The first-order valence-corrected chi connectivity index (χ1v) is 7.24. The highest BCUT2D eigenvalue weighted by atomic mass is 79.9. The molecule has 1 aliphatic heterocycles. The highest BCUT2D eigenvalue weighted by molar-refractivity contribution is 9.09. The monoisotopic (exact) mass is 310 g/mol. The lowest BCUT2D eigenvalue weighted by Crippen LogP contribution is -2.41. The average Bonchev–Trinajstić information content (AvgIpc) is 2.48. The Morgan fingerprint density at radius 2 is 1.67 bits per heavy atom. The molecule has 1 unspecified atom stereocenters. The van der Waals surface area contributed by atoms with Crippen LogP contribution in [-0.2, 0) is 9.31 Å². The number of hydrogen-bond donors (Lipinski definition) is 0. The minimum Gasteiger partial charge on any atom is -0.399 e. The zero-order chi connectivity index (χ0) is 13.6. The standard InChI is InChI=1S/C14H20BBrO2/c1-10(16)11-7-6-8-12(9-11)15-17-13(2,3)14(4,5)18-15/h6-10H,1-5H3. The fourth-order valence-electron chi connectivity index (χ4n) is 1.93. The quantitative estimate of drug-likeness (QED) is 0.615. The number of alkyl halides is 1. The number of rotatable bonds is 2. The number of halogens is 1. The van der Waals surface area contributed by atoms with Crippen molar-refractivity contribution >= 4 is 28.5 Å². The van der Waals surface area contributed by atoms with E-state index >= 15 is 0 Å². The van der Waals surface area contributed by atoms with Gasteiger partial charge in [0, 0.05) is 4.83 Å². The Bertz CT molecular complexity index is 427. The fourth-order valence-corrected chi connectivity index (χ4v) is 2.22. The summed E-state index contributed by atoms with van der Waals surface area (Å²) in [6.45, 7) is 10.4. The van der Waals surface area contributed by atoms with Gasteiger partial charge in [0.1, 0.15) is 0 Å². The van der Waals surface area contributed by atoms with Crippen LogP contribution in [0.4, 0.5) is 0 Å².